The van der Waals surface area contributed by atoms with Gasteiger partial charge in [0.25, 0.3) is 0 Å². The Labute approximate surface area is 412 Å². The topological polar surface area (TPSA) is 78.9 Å². The van der Waals surface area contributed by atoms with Gasteiger partial charge in [0.2, 0.25) is 0 Å². The normalized spacial score (nSPS) is 12.9. The Kier molecular flexibility index (Phi) is 51.5. The molecular formula is C61H100O6. The van der Waals surface area contributed by atoms with Gasteiger partial charge in [-0.3, -0.25) is 14.4 Å². The minimum absolute atomic E-state index is 0.116. The molecule has 1 atom stereocenters. The van der Waals surface area contributed by atoms with Crippen LogP contribution in [0.5, 0.6) is 0 Å². The van der Waals surface area contributed by atoms with Gasteiger partial charge < -0.3 is 14.2 Å². The van der Waals surface area contributed by atoms with Crippen molar-refractivity contribution >= 4 is 17.9 Å². The maximum atomic E-state index is 12.8. The van der Waals surface area contributed by atoms with Crippen molar-refractivity contribution in [3.63, 3.8) is 0 Å². The van der Waals surface area contributed by atoms with Gasteiger partial charge in [-0.05, 0) is 96.3 Å². The number of unbranched alkanes of at least 4 members (excludes halogenated alkanes) is 19. The third kappa shape index (κ3) is 52.9. The lowest BCUT2D eigenvalue weighted by Crippen LogP contribution is -2.30. The van der Waals surface area contributed by atoms with E-state index in [2.05, 4.69) is 118 Å². The van der Waals surface area contributed by atoms with E-state index >= 15 is 0 Å². The van der Waals surface area contributed by atoms with Crippen molar-refractivity contribution in [3.05, 3.63) is 109 Å². The van der Waals surface area contributed by atoms with Crippen LogP contribution < -0.4 is 0 Å². The Balaban J connectivity index is 4.56. The summed E-state index contributed by atoms with van der Waals surface area (Å²) in [4.78, 5) is 38.0. The maximum Gasteiger partial charge on any atom is 0.306 e. The van der Waals surface area contributed by atoms with Crippen LogP contribution in [0.1, 0.15) is 239 Å². The van der Waals surface area contributed by atoms with Gasteiger partial charge >= 0.3 is 17.9 Å². The molecule has 67 heavy (non-hydrogen) atoms. The highest BCUT2D eigenvalue weighted by atomic mass is 16.6. The Morgan fingerprint density at radius 3 is 1.03 bits per heavy atom. The van der Waals surface area contributed by atoms with Crippen LogP contribution in [0.25, 0.3) is 0 Å². The molecule has 0 N–H and O–H groups in total. The summed E-state index contributed by atoms with van der Waals surface area (Å²) in [5, 5.41) is 0. The fourth-order valence-electron chi connectivity index (χ4n) is 7.18. The van der Waals surface area contributed by atoms with Crippen molar-refractivity contribution in [1.82, 2.24) is 0 Å². The second-order valence-corrected chi connectivity index (χ2v) is 17.8. The summed E-state index contributed by atoms with van der Waals surface area (Å²) in [6.07, 6.45) is 73.7. The molecule has 0 rings (SSSR count). The SMILES string of the molecule is CC/C=C\C/C=C\C/C=C\C/C=C\C/C=C\C/C=C\CCC(=O)OC[C@@H](COC(=O)CCCCCCCCCCCCCCCCC)OC(=O)CCCC/C=C\C/C=C\C/C=C\CCCCC. The Bertz CT molecular complexity index is 1390. The predicted octanol–water partition coefficient (Wildman–Crippen LogP) is 18.3. The van der Waals surface area contributed by atoms with Crippen LogP contribution in [0.4, 0.5) is 0 Å². The zero-order chi connectivity index (χ0) is 48.6. The van der Waals surface area contributed by atoms with E-state index < -0.39 is 6.10 Å². The number of esters is 3. The molecule has 0 fully saturated rings. The summed E-state index contributed by atoms with van der Waals surface area (Å²) in [5.74, 6) is -1.04. The summed E-state index contributed by atoms with van der Waals surface area (Å²) in [6.45, 7) is 6.40. The van der Waals surface area contributed by atoms with E-state index in [-0.39, 0.29) is 44.0 Å². The fourth-order valence-corrected chi connectivity index (χ4v) is 7.18. The van der Waals surface area contributed by atoms with Gasteiger partial charge in [0.1, 0.15) is 13.2 Å². The van der Waals surface area contributed by atoms with E-state index in [4.69, 9.17) is 14.2 Å². The van der Waals surface area contributed by atoms with Crippen LogP contribution in [0.15, 0.2) is 109 Å². The van der Waals surface area contributed by atoms with Gasteiger partial charge in [-0.1, -0.05) is 233 Å². The Morgan fingerprint density at radius 2 is 0.612 bits per heavy atom. The lowest BCUT2D eigenvalue weighted by atomic mass is 10.0. The number of carbonyl (C=O) groups is 3. The van der Waals surface area contributed by atoms with Gasteiger partial charge in [-0.2, -0.15) is 0 Å². The number of hydrogen-bond donors (Lipinski definition) is 0. The predicted molar refractivity (Wildman–Crippen MR) is 288 cm³/mol. The van der Waals surface area contributed by atoms with Crippen LogP contribution >= 0.6 is 0 Å². The third-order valence-corrected chi connectivity index (χ3v) is 11.3. The Hall–Kier alpha value is -3.93. The molecule has 0 aromatic heterocycles. The molecule has 0 radical (unpaired) electrons. The fraction of sp³-hybridized carbons (Fsp3) is 0.656. The first-order chi connectivity index (χ1) is 33.0. The summed E-state index contributed by atoms with van der Waals surface area (Å²) < 4.78 is 16.7. The average molecular weight is 929 g/mol. The largest absolute Gasteiger partial charge is 0.462 e. The van der Waals surface area contributed by atoms with Gasteiger partial charge in [0.05, 0.1) is 0 Å². The molecule has 6 heteroatoms. The van der Waals surface area contributed by atoms with Crippen LogP contribution in [-0.4, -0.2) is 37.2 Å². The highest BCUT2D eigenvalue weighted by Crippen LogP contribution is 2.15. The van der Waals surface area contributed by atoms with E-state index in [0.717, 1.165) is 83.5 Å². The molecule has 0 amide bonds. The zero-order valence-electron chi connectivity index (χ0n) is 43.4. The van der Waals surface area contributed by atoms with Crippen molar-refractivity contribution in [2.75, 3.05) is 13.2 Å². The first-order valence-corrected chi connectivity index (χ1v) is 27.4. The second-order valence-electron chi connectivity index (χ2n) is 17.8. The number of carbonyl (C=O) groups excluding carboxylic acids is 3. The molecule has 0 spiro atoms. The molecule has 0 aliphatic heterocycles. The molecule has 0 saturated carbocycles. The smallest absolute Gasteiger partial charge is 0.306 e. The van der Waals surface area contributed by atoms with Crippen molar-refractivity contribution in [2.24, 2.45) is 0 Å². The van der Waals surface area contributed by atoms with Gasteiger partial charge in [0, 0.05) is 19.3 Å². The molecule has 0 aromatic rings. The highest BCUT2D eigenvalue weighted by Gasteiger charge is 2.19. The first kappa shape index (κ1) is 63.1. The van der Waals surface area contributed by atoms with Crippen molar-refractivity contribution in [2.45, 2.75) is 245 Å². The molecule has 0 saturated heterocycles. The van der Waals surface area contributed by atoms with E-state index in [0.29, 0.717) is 19.3 Å². The van der Waals surface area contributed by atoms with Gasteiger partial charge in [-0.15, -0.1) is 0 Å². The number of ether oxygens (including phenoxy) is 3. The van der Waals surface area contributed by atoms with Gasteiger partial charge in [-0.25, -0.2) is 0 Å². The van der Waals surface area contributed by atoms with E-state index in [9.17, 15) is 14.4 Å². The van der Waals surface area contributed by atoms with Crippen LogP contribution in [0, 0.1) is 0 Å². The monoisotopic (exact) mass is 929 g/mol. The lowest BCUT2D eigenvalue weighted by molar-refractivity contribution is -0.166. The minimum Gasteiger partial charge on any atom is -0.462 e. The average Bonchev–Trinajstić information content (AvgIpc) is 3.33. The third-order valence-electron chi connectivity index (χ3n) is 11.3. The van der Waals surface area contributed by atoms with Crippen molar-refractivity contribution < 1.29 is 28.6 Å². The van der Waals surface area contributed by atoms with Crippen molar-refractivity contribution in [1.29, 1.82) is 0 Å². The lowest BCUT2D eigenvalue weighted by Gasteiger charge is -2.18. The van der Waals surface area contributed by atoms with Crippen LogP contribution in [0.2, 0.25) is 0 Å². The first-order valence-electron chi connectivity index (χ1n) is 27.4. The molecule has 0 aliphatic rings. The molecule has 0 bridgehead atoms. The second kappa shape index (κ2) is 54.7. The van der Waals surface area contributed by atoms with E-state index in [1.54, 1.807) is 0 Å². The molecule has 0 heterocycles. The van der Waals surface area contributed by atoms with Crippen molar-refractivity contribution in [3.8, 4) is 0 Å². The molecule has 0 aromatic carbocycles. The van der Waals surface area contributed by atoms with E-state index in [1.165, 1.54) is 103 Å². The maximum absolute atomic E-state index is 12.8. The number of hydrogen-bond acceptors (Lipinski definition) is 6. The standard InChI is InChI=1S/C61H100O6/c1-4-7-10-13-16-19-22-25-28-29-30-31-34-36-39-42-45-48-51-54-60(63)66-57-58(67-61(64)55-52-49-46-43-40-37-33-27-24-21-18-15-12-9-6-3)56-65-59(62)53-50-47-44-41-38-35-32-26-23-20-17-14-11-8-5-2/h7,10,16,18-19,21,25,27-28,30-31,33,36,39-40,43,45,48,58H,4-6,8-9,11-15,17,20,22-24,26,29,32,34-35,37-38,41-42,44,46-47,49-57H2,1-3H3/b10-7-,19-16-,21-18-,28-25-,31-30-,33-27-,39-36-,43-40-,48-45-/t58-/m1/s1. The zero-order valence-corrected chi connectivity index (χ0v) is 43.4. The van der Waals surface area contributed by atoms with Gasteiger partial charge in [0.15, 0.2) is 6.10 Å². The number of rotatable bonds is 48. The highest BCUT2D eigenvalue weighted by molar-refractivity contribution is 5.71. The summed E-state index contributed by atoms with van der Waals surface area (Å²) in [5.41, 5.74) is 0. The summed E-state index contributed by atoms with van der Waals surface area (Å²) in [6, 6.07) is 0. The summed E-state index contributed by atoms with van der Waals surface area (Å²) in [7, 11) is 0. The Morgan fingerprint density at radius 1 is 0.313 bits per heavy atom. The van der Waals surface area contributed by atoms with Crippen LogP contribution in [0.3, 0.4) is 0 Å². The quantitative estimate of drug-likeness (QED) is 0.0262. The molecular weight excluding hydrogens is 829 g/mol. The molecule has 380 valence electrons. The molecule has 6 nitrogen and oxygen atoms in total. The molecule has 0 aliphatic carbocycles. The van der Waals surface area contributed by atoms with E-state index in [1.807, 2.05) is 12.2 Å². The molecule has 0 unspecified atom stereocenters. The van der Waals surface area contributed by atoms with Crippen LogP contribution in [-0.2, 0) is 28.6 Å². The summed E-state index contributed by atoms with van der Waals surface area (Å²) >= 11 is 0. The minimum atomic E-state index is -0.829. The number of allylic oxidation sites excluding steroid dienone is 18.